The summed E-state index contributed by atoms with van der Waals surface area (Å²) in [4.78, 5) is 27.9. The first-order valence-corrected chi connectivity index (χ1v) is 12.3. The van der Waals surface area contributed by atoms with Gasteiger partial charge in [0.05, 0.1) is 0 Å². The first kappa shape index (κ1) is 25.8. The number of hydrogen-bond acceptors (Lipinski definition) is 6. The Bertz CT molecular complexity index is 1320. The number of hydrogen-bond donors (Lipinski definition) is 1. The Kier molecular flexibility index (Phi) is 8.08. The Morgan fingerprint density at radius 3 is 2.22 bits per heavy atom. The molecule has 4 rings (SSSR count). The van der Waals surface area contributed by atoms with Crippen LogP contribution in [0.3, 0.4) is 0 Å². The second-order valence-corrected chi connectivity index (χ2v) is 9.34. The number of aromatic amines is 1. The maximum absolute atomic E-state index is 13.1. The van der Waals surface area contributed by atoms with E-state index < -0.39 is 11.5 Å². The molecule has 190 valence electrons. The molecular weight excluding hydrogens is 466 g/mol. The number of aromatic nitrogens is 4. The summed E-state index contributed by atoms with van der Waals surface area (Å²) in [5.74, 6) is 0.0650. The quantitative estimate of drug-likeness (QED) is 0.303. The highest BCUT2D eigenvalue weighted by atomic mass is 16.5. The van der Waals surface area contributed by atoms with Crippen molar-refractivity contribution in [3.05, 3.63) is 90.0 Å². The average molecular weight is 498 g/mol. The van der Waals surface area contributed by atoms with Gasteiger partial charge < -0.3 is 9.64 Å². The highest BCUT2D eigenvalue weighted by Gasteiger charge is 2.39. The van der Waals surface area contributed by atoms with Gasteiger partial charge in [-0.3, -0.25) is 4.79 Å². The molecule has 0 unspecified atom stereocenters. The molecule has 0 aliphatic rings. The van der Waals surface area contributed by atoms with Crippen molar-refractivity contribution in [1.29, 1.82) is 0 Å². The Hall–Kier alpha value is -4.33. The lowest BCUT2D eigenvalue weighted by atomic mass is 9.97. The van der Waals surface area contributed by atoms with Crippen LogP contribution in [0.15, 0.2) is 78.9 Å². The first-order chi connectivity index (χ1) is 17.9. The number of esters is 1. The van der Waals surface area contributed by atoms with Crippen LogP contribution in [0.25, 0.3) is 22.5 Å². The smallest absolute Gasteiger partial charge is 0.331 e. The van der Waals surface area contributed by atoms with Gasteiger partial charge in [-0.25, -0.2) is 9.89 Å². The van der Waals surface area contributed by atoms with Crippen LogP contribution in [0, 0.1) is 0 Å². The van der Waals surface area contributed by atoms with E-state index in [9.17, 15) is 9.59 Å². The van der Waals surface area contributed by atoms with Crippen LogP contribution in [-0.2, 0) is 27.5 Å². The van der Waals surface area contributed by atoms with Crippen molar-refractivity contribution in [2.45, 2.75) is 52.3 Å². The zero-order valence-electron chi connectivity index (χ0n) is 21.3. The summed E-state index contributed by atoms with van der Waals surface area (Å²) in [5, 5.41) is 14.2. The maximum atomic E-state index is 13.1. The summed E-state index contributed by atoms with van der Waals surface area (Å²) in [7, 11) is 0. The SMILES string of the molecule is CCCC(=O)N(Cc1ccc(-c2ccccc2-c2nnn[nH]2)cc1)C(C)(C)C(=O)OCc1ccccc1. The second-order valence-electron chi connectivity index (χ2n) is 9.34. The Morgan fingerprint density at radius 2 is 1.57 bits per heavy atom. The number of rotatable bonds is 10. The molecule has 0 aliphatic carbocycles. The van der Waals surface area contributed by atoms with Crippen LogP contribution in [0.1, 0.15) is 44.7 Å². The van der Waals surface area contributed by atoms with Crippen LogP contribution in [-0.4, -0.2) is 42.9 Å². The van der Waals surface area contributed by atoms with Gasteiger partial charge in [-0.1, -0.05) is 85.8 Å². The summed E-state index contributed by atoms with van der Waals surface area (Å²) >= 11 is 0. The lowest BCUT2D eigenvalue weighted by molar-refractivity contribution is -0.164. The third-order valence-corrected chi connectivity index (χ3v) is 6.29. The van der Waals surface area contributed by atoms with Crippen molar-refractivity contribution >= 4 is 11.9 Å². The molecule has 0 fully saturated rings. The molecule has 0 saturated carbocycles. The van der Waals surface area contributed by atoms with Gasteiger partial charge in [0.2, 0.25) is 5.91 Å². The molecule has 0 aliphatic heterocycles. The van der Waals surface area contributed by atoms with E-state index in [0.29, 0.717) is 25.2 Å². The number of ether oxygens (including phenoxy) is 1. The summed E-state index contributed by atoms with van der Waals surface area (Å²) in [5.41, 5.74) is 3.54. The number of nitrogens with zero attached hydrogens (tertiary/aromatic N) is 4. The lowest BCUT2D eigenvalue weighted by Crippen LogP contribution is -2.53. The maximum Gasteiger partial charge on any atom is 0.331 e. The summed E-state index contributed by atoms with van der Waals surface area (Å²) < 4.78 is 5.61. The largest absolute Gasteiger partial charge is 0.459 e. The van der Waals surface area contributed by atoms with Gasteiger partial charge in [0.1, 0.15) is 12.1 Å². The van der Waals surface area contributed by atoms with Crippen molar-refractivity contribution in [3.63, 3.8) is 0 Å². The van der Waals surface area contributed by atoms with Crippen LogP contribution < -0.4 is 0 Å². The molecule has 8 heteroatoms. The molecule has 0 atom stereocenters. The van der Waals surface area contributed by atoms with E-state index in [2.05, 4.69) is 20.6 Å². The van der Waals surface area contributed by atoms with Crippen molar-refractivity contribution in [2.24, 2.45) is 0 Å². The van der Waals surface area contributed by atoms with E-state index in [-0.39, 0.29) is 12.5 Å². The molecule has 37 heavy (non-hydrogen) atoms. The van der Waals surface area contributed by atoms with Crippen LogP contribution in [0.2, 0.25) is 0 Å². The normalized spacial score (nSPS) is 11.2. The van der Waals surface area contributed by atoms with Crippen molar-refractivity contribution in [3.8, 4) is 22.5 Å². The fraction of sp³-hybridized carbons (Fsp3) is 0.276. The topological polar surface area (TPSA) is 101 Å². The number of benzene rings is 3. The minimum Gasteiger partial charge on any atom is -0.459 e. The molecular formula is C29H31N5O3. The van der Waals surface area contributed by atoms with Gasteiger partial charge in [-0.2, -0.15) is 0 Å². The monoisotopic (exact) mass is 497 g/mol. The van der Waals surface area contributed by atoms with Gasteiger partial charge in [0, 0.05) is 18.5 Å². The highest BCUT2D eigenvalue weighted by molar-refractivity contribution is 5.87. The van der Waals surface area contributed by atoms with Gasteiger partial charge in [0.25, 0.3) is 0 Å². The third kappa shape index (κ3) is 6.09. The molecule has 8 nitrogen and oxygen atoms in total. The standard InChI is InChI=1S/C29H31N5O3/c1-4-10-26(35)34(29(2,3)28(36)37-20-22-11-6-5-7-12-22)19-21-15-17-23(18-16-21)24-13-8-9-14-25(24)27-30-32-33-31-27/h5-9,11-18H,4,10,19-20H2,1-3H3,(H,30,31,32,33). The number of H-pyrrole nitrogens is 1. The number of nitrogens with one attached hydrogen (secondary N) is 1. The summed E-state index contributed by atoms with van der Waals surface area (Å²) in [6.45, 7) is 5.88. The number of tetrazole rings is 1. The molecule has 1 heterocycles. The number of carbonyl (C=O) groups excluding carboxylic acids is 2. The molecule has 0 saturated heterocycles. The predicted molar refractivity (Wildman–Crippen MR) is 141 cm³/mol. The van der Waals surface area contributed by atoms with Gasteiger partial charge in [0.15, 0.2) is 5.82 Å². The number of amides is 1. The van der Waals surface area contributed by atoms with E-state index >= 15 is 0 Å². The van der Waals surface area contributed by atoms with E-state index in [4.69, 9.17) is 4.74 Å². The Balaban J connectivity index is 1.54. The first-order valence-electron chi connectivity index (χ1n) is 12.3. The van der Waals surface area contributed by atoms with Crippen molar-refractivity contribution in [1.82, 2.24) is 25.5 Å². The molecule has 4 aromatic rings. The van der Waals surface area contributed by atoms with E-state index in [1.54, 1.807) is 18.7 Å². The van der Waals surface area contributed by atoms with Gasteiger partial charge >= 0.3 is 5.97 Å². The van der Waals surface area contributed by atoms with E-state index in [0.717, 1.165) is 27.8 Å². The summed E-state index contributed by atoms with van der Waals surface area (Å²) in [6.07, 6.45) is 1.04. The van der Waals surface area contributed by atoms with Crippen LogP contribution in [0.5, 0.6) is 0 Å². The predicted octanol–water partition coefficient (Wildman–Crippen LogP) is 5.18. The minimum absolute atomic E-state index is 0.0867. The molecule has 0 spiro atoms. The summed E-state index contributed by atoms with van der Waals surface area (Å²) in [6, 6.07) is 25.3. The second kappa shape index (κ2) is 11.6. The molecule has 1 N–H and O–H groups in total. The highest BCUT2D eigenvalue weighted by Crippen LogP contribution is 2.30. The van der Waals surface area contributed by atoms with Crippen molar-refractivity contribution in [2.75, 3.05) is 0 Å². The van der Waals surface area contributed by atoms with Crippen LogP contribution in [0.4, 0.5) is 0 Å². The van der Waals surface area contributed by atoms with E-state index in [1.807, 2.05) is 85.8 Å². The molecule has 0 radical (unpaired) electrons. The fourth-order valence-electron chi connectivity index (χ4n) is 4.14. The number of carbonyl (C=O) groups is 2. The van der Waals surface area contributed by atoms with Gasteiger partial charge in [-0.05, 0) is 52.9 Å². The Morgan fingerprint density at radius 1 is 0.892 bits per heavy atom. The molecule has 3 aromatic carbocycles. The zero-order chi connectivity index (χ0) is 26.3. The molecule has 1 aromatic heterocycles. The third-order valence-electron chi connectivity index (χ3n) is 6.29. The fourth-order valence-corrected chi connectivity index (χ4v) is 4.14. The average Bonchev–Trinajstić information content (AvgIpc) is 3.46. The van der Waals surface area contributed by atoms with Crippen LogP contribution >= 0.6 is 0 Å². The minimum atomic E-state index is -1.13. The lowest BCUT2D eigenvalue weighted by Gasteiger charge is -2.36. The van der Waals surface area contributed by atoms with Gasteiger partial charge in [-0.15, -0.1) is 5.10 Å². The van der Waals surface area contributed by atoms with Crippen molar-refractivity contribution < 1.29 is 14.3 Å². The zero-order valence-corrected chi connectivity index (χ0v) is 21.3. The molecule has 1 amide bonds. The molecule has 0 bridgehead atoms. The van der Waals surface area contributed by atoms with E-state index in [1.165, 1.54) is 0 Å². The Labute approximate surface area is 216 Å².